The van der Waals surface area contributed by atoms with Gasteiger partial charge in [0.2, 0.25) is 10.0 Å². The maximum Gasteiger partial charge on any atom is 0.241 e. The van der Waals surface area contributed by atoms with E-state index in [4.69, 9.17) is 0 Å². The standard InChI is InChI=1S/C22H22N2O2S/c1-16-14-19-15-20(12-13-21(19)23-16)27(25,26)24-22(17-8-4-2-5-9-17)18-10-6-3-7-11-18/h2-13,15-16,22-24H,14H2,1H3/t16-/m1/s1. The van der Waals surface area contributed by atoms with Crippen LogP contribution in [0.25, 0.3) is 0 Å². The van der Waals surface area contributed by atoms with Gasteiger partial charge in [-0.3, -0.25) is 0 Å². The van der Waals surface area contributed by atoms with Gasteiger partial charge < -0.3 is 5.32 Å². The van der Waals surface area contributed by atoms with Gasteiger partial charge in [-0.1, -0.05) is 60.7 Å². The molecule has 2 N–H and O–H groups in total. The fourth-order valence-electron chi connectivity index (χ4n) is 3.54. The molecule has 0 amide bonds. The summed E-state index contributed by atoms with van der Waals surface area (Å²) in [6.07, 6.45) is 0.833. The summed E-state index contributed by atoms with van der Waals surface area (Å²) in [5.74, 6) is 0. The first-order valence-corrected chi connectivity index (χ1v) is 10.5. The molecule has 4 nitrogen and oxygen atoms in total. The van der Waals surface area contributed by atoms with Crippen LogP contribution in [0.2, 0.25) is 0 Å². The van der Waals surface area contributed by atoms with Crippen LogP contribution in [0.3, 0.4) is 0 Å². The van der Waals surface area contributed by atoms with Crippen LogP contribution < -0.4 is 10.0 Å². The minimum Gasteiger partial charge on any atom is -0.382 e. The molecule has 4 rings (SSSR count). The van der Waals surface area contributed by atoms with Crippen LogP contribution in [0.5, 0.6) is 0 Å². The number of anilines is 1. The van der Waals surface area contributed by atoms with Crippen molar-refractivity contribution < 1.29 is 8.42 Å². The lowest BCUT2D eigenvalue weighted by atomic mass is 10.00. The second-order valence-electron chi connectivity index (χ2n) is 6.94. The molecular weight excluding hydrogens is 356 g/mol. The van der Waals surface area contributed by atoms with Crippen molar-refractivity contribution in [3.63, 3.8) is 0 Å². The first-order valence-electron chi connectivity index (χ1n) is 9.04. The lowest BCUT2D eigenvalue weighted by molar-refractivity contribution is 0.572. The number of sulfonamides is 1. The topological polar surface area (TPSA) is 58.2 Å². The fraction of sp³-hybridized carbons (Fsp3) is 0.182. The molecule has 1 atom stereocenters. The van der Waals surface area contributed by atoms with Crippen molar-refractivity contribution in [2.75, 3.05) is 5.32 Å². The molecule has 27 heavy (non-hydrogen) atoms. The molecule has 0 radical (unpaired) electrons. The molecule has 0 aromatic heterocycles. The van der Waals surface area contributed by atoms with Gasteiger partial charge in [0.25, 0.3) is 0 Å². The zero-order valence-electron chi connectivity index (χ0n) is 15.1. The Bertz CT molecular complexity index is 995. The molecule has 5 heteroatoms. The van der Waals surface area contributed by atoms with Crippen molar-refractivity contribution in [2.45, 2.75) is 30.3 Å². The van der Waals surface area contributed by atoms with E-state index in [0.717, 1.165) is 28.8 Å². The third kappa shape index (κ3) is 3.75. The van der Waals surface area contributed by atoms with Crippen LogP contribution in [-0.2, 0) is 16.4 Å². The normalized spacial score (nSPS) is 16.1. The van der Waals surface area contributed by atoms with E-state index in [0.29, 0.717) is 10.9 Å². The molecule has 0 unspecified atom stereocenters. The van der Waals surface area contributed by atoms with Gasteiger partial charge in [-0.25, -0.2) is 8.42 Å². The van der Waals surface area contributed by atoms with Gasteiger partial charge in [0.15, 0.2) is 0 Å². The molecule has 1 heterocycles. The van der Waals surface area contributed by atoms with Crippen LogP contribution >= 0.6 is 0 Å². The Morgan fingerprint density at radius 1 is 0.926 bits per heavy atom. The molecule has 0 fully saturated rings. The third-order valence-corrected chi connectivity index (χ3v) is 6.27. The van der Waals surface area contributed by atoms with Crippen LogP contribution in [0, 0.1) is 0 Å². The fourth-order valence-corrected chi connectivity index (χ4v) is 4.80. The van der Waals surface area contributed by atoms with E-state index in [-0.39, 0.29) is 0 Å². The Hall–Kier alpha value is -2.63. The lowest BCUT2D eigenvalue weighted by Crippen LogP contribution is -2.29. The summed E-state index contributed by atoms with van der Waals surface area (Å²) >= 11 is 0. The predicted molar refractivity (Wildman–Crippen MR) is 108 cm³/mol. The van der Waals surface area contributed by atoms with Gasteiger partial charge in [-0.2, -0.15) is 4.72 Å². The summed E-state index contributed by atoms with van der Waals surface area (Å²) in [6, 6.07) is 24.5. The van der Waals surface area contributed by atoms with E-state index >= 15 is 0 Å². The van der Waals surface area contributed by atoms with Gasteiger partial charge in [0.05, 0.1) is 10.9 Å². The van der Waals surface area contributed by atoms with Gasteiger partial charge in [0.1, 0.15) is 0 Å². The molecule has 0 aliphatic carbocycles. The number of fused-ring (bicyclic) bond motifs is 1. The molecule has 0 bridgehead atoms. The molecule has 0 saturated heterocycles. The summed E-state index contributed by atoms with van der Waals surface area (Å²) in [4.78, 5) is 0.300. The summed E-state index contributed by atoms with van der Waals surface area (Å²) in [5.41, 5.74) is 3.87. The molecule has 1 aliphatic heterocycles. The largest absolute Gasteiger partial charge is 0.382 e. The van der Waals surface area contributed by atoms with E-state index in [1.54, 1.807) is 12.1 Å². The van der Waals surface area contributed by atoms with Crippen LogP contribution in [-0.4, -0.2) is 14.5 Å². The Morgan fingerprint density at radius 3 is 2.11 bits per heavy atom. The average molecular weight is 378 g/mol. The number of rotatable bonds is 5. The minimum atomic E-state index is -3.67. The lowest BCUT2D eigenvalue weighted by Gasteiger charge is -2.20. The first kappa shape index (κ1) is 17.8. The number of hydrogen-bond donors (Lipinski definition) is 2. The smallest absolute Gasteiger partial charge is 0.241 e. The highest BCUT2D eigenvalue weighted by atomic mass is 32.2. The van der Waals surface area contributed by atoms with Gasteiger partial charge in [0, 0.05) is 11.7 Å². The number of benzene rings is 3. The van der Waals surface area contributed by atoms with E-state index in [9.17, 15) is 8.42 Å². The maximum atomic E-state index is 13.1. The van der Waals surface area contributed by atoms with Crippen LogP contribution in [0.15, 0.2) is 83.8 Å². The second-order valence-corrected chi connectivity index (χ2v) is 8.66. The van der Waals surface area contributed by atoms with E-state index in [2.05, 4.69) is 17.0 Å². The maximum absolute atomic E-state index is 13.1. The van der Waals surface area contributed by atoms with Crippen molar-refractivity contribution in [1.29, 1.82) is 0 Å². The highest BCUT2D eigenvalue weighted by molar-refractivity contribution is 7.89. The molecule has 0 saturated carbocycles. The van der Waals surface area contributed by atoms with Gasteiger partial charge >= 0.3 is 0 Å². The highest BCUT2D eigenvalue weighted by Crippen LogP contribution is 2.29. The Kier molecular flexibility index (Phi) is 4.72. The quantitative estimate of drug-likeness (QED) is 0.702. The monoisotopic (exact) mass is 378 g/mol. The Balaban J connectivity index is 1.70. The Morgan fingerprint density at radius 2 is 1.52 bits per heavy atom. The molecule has 1 aliphatic rings. The summed E-state index contributed by atoms with van der Waals surface area (Å²) in [5, 5.41) is 3.35. The van der Waals surface area contributed by atoms with E-state index in [1.807, 2.05) is 66.7 Å². The minimum absolute atomic E-state index is 0.300. The van der Waals surface area contributed by atoms with Gasteiger partial charge in [-0.05, 0) is 48.2 Å². The molecule has 3 aromatic rings. The van der Waals surface area contributed by atoms with Crippen molar-refractivity contribution in [2.24, 2.45) is 0 Å². The highest BCUT2D eigenvalue weighted by Gasteiger charge is 2.25. The molecule has 138 valence electrons. The van der Waals surface area contributed by atoms with Crippen molar-refractivity contribution in [3.8, 4) is 0 Å². The SMILES string of the molecule is C[C@@H]1Cc2cc(S(=O)(=O)NC(c3ccccc3)c3ccccc3)ccc2N1. The van der Waals surface area contributed by atoms with Crippen LogP contribution in [0.1, 0.15) is 29.7 Å². The van der Waals surface area contributed by atoms with E-state index in [1.165, 1.54) is 0 Å². The van der Waals surface area contributed by atoms with Gasteiger partial charge in [-0.15, -0.1) is 0 Å². The third-order valence-electron chi connectivity index (χ3n) is 4.85. The van der Waals surface area contributed by atoms with Crippen molar-refractivity contribution in [1.82, 2.24) is 4.72 Å². The first-order chi connectivity index (χ1) is 13.0. The summed E-state index contributed by atoms with van der Waals surface area (Å²) in [7, 11) is -3.67. The van der Waals surface area contributed by atoms with E-state index < -0.39 is 16.1 Å². The summed E-state index contributed by atoms with van der Waals surface area (Å²) in [6.45, 7) is 2.09. The zero-order chi connectivity index (χ0) is 18.9. The Labute approximate surface area is 160 Å². The molecule has 0 spiro atoms. The van der Waals surface area contributed by atoms with Crippen LogP contribution in [0.4, 0.5) is 5.69 Å². The predicted octanol–water partition coefficient (Wildman–Crippen LogP) is 4.11. The molecular formula is C22H22N2O2S. The number of hydrogen-bond acceptors (Lipinski definition) is 3. The van der Waals surface area contributed by atoms with Crippen molar-refractivity contribution in [3.05, 3.63) is 95.6 Å². The van der Waals surface area contributed by atoms with Crippen molar-refractivity contribution >= 4 is 15.7 Å². The molecule has 3 aromatic carbocycles. The second kappa shape index (κ2) is 7.18. The summed E-state index contributed by atoms with van der Waals surface area (Å²) < 4.78 is 29.2. The number of nitrogens with one attached hydrogen (secondary N) is 2. The average Bonchev–Trinajstić information content (AvgIpc) is 3.07. The zero-order valence-corrected chi connectivity index (χ0v) is 15.9.